The molecule has 130 valence electrons. The summed E-state index contributed by atoms with van der Waals surface area (Å²) in [6, 6.07) is 8.30. The molecule has 0 bridgehead atoms. The second-order valence-corrected chi connectivity index (χ2v) is 5.11. The zero-order chi connectivity index (χ0) is 17.9. The number of aliphatic carboxylic acids is 2. The van der Waals surface area contributed by atoms with Gasteiger partial charge in [0.25, 0.3) is 0 Å². The topological polar surface area (TPSA) is 102 Å². The highest BCUT2D eigenvalue weighted by molar-refractivity contribution is 6.27. The monoisotopic (exact) mass is 334 g/mol. The Morgan fingerprint density at radius 2 is 1.92 bits per heavy atom. The minimum Gasteiger partial charge on any atom is -0.491 e. The van der Waals surface area contributed by atoms with Crippen molar-refractivity contribution in [2.24, 2.45) is 0 Å². The number of carboxylic acids is 2. The summed E-state index contributed by atoms with van der Waals surface area (Å²) in [5.74, 6) is -2.11. The van der Waals surface area contributed by atoms with Crippen LogP contribution in [0.25, 0.3) is 0 Å². The van der Waals surface area contributed by atoms with Crippen LogP contribution < -0.4 is 4.74 Å². The highest BCUT2D eigenvalue weighted by Crippen LogP contribution is 2.28. The van der Waals surface area contributed by atoms with Crippen molar-refractivity contribution in [1.82, 2.24) is 9.55 Å². The van der Waals surface area contributed by atoms with Gasteiger partial charge in [0.2, 0.25) is 0 Å². The predicted molar refractivity (Wildman–Crippen MR) is 88.1 cm³/mol. The van der Waals surface area contributed by atoms with Crippen LogP contribution in [0.5, 0.6) is 5.75 Å². The number of carboxylic acid groups (broad SMARTS) is 2. The van der Waals surface area contributed by atoms with Gasteiger partial charge in [-0.2, -0.15) is 0 Å². The van der Waals surface area contributed by atoms with Gasteiger partial charge in [-0.25, -0.2) is 14.6 Å². The van der Waals surface area contributed by atoms with Gasteiger partial charge in [-0.05, 0) is 24.0 Å². The lowest BCUT2D eigenvalue weighted by atomic mass is 9.98. The number of hydrogen-bond donors (Lipinski definition) is 2. The van der Waals surface area contributed by atoms with E-state index in [1.54, 1.807) is 6.20 Å². The molecular formula is C17H22N2O5. The lowest BCUT2D eigenvalue weighted by molar-refractivity contribution is -0.159. The van der Waals surface area contributed by atoms with E-state index in [9.17, 15) is 0 Å². The SMILES string of the molecule is CCC(C)c1ccccc1OCCn1ccnc1.O=C(O)C(=O)O. The molecule has 0 saturated carbocycles. The fourth-order valence-electron chi connectivity index (χ4n) is 1.92. The minimum absolute atomic E-state index is 0.537. The van der Waals surface area contributed by atoms with E-state index in [1.807, 2.05) is 23.2 Å². The van der Waals surface area contributed by atoms with E-state index in [0.717, 1.165) is 18.7 Å². The zero-order valence-electron chi connectivity index (χ0n) is 13.8. The lowest BCUT2D eigenvalue weighted by Crippen LogP contribution is -2.09. The molecule has 0 spiro atoms. The molecule has 0 fully saturated rings. The predicted octanol–water partition coefficient (Wildman–Crippen LogP) is 2.63. The number of imidazole rings is 1. The van der Waals surface area contributed by atoms with E-state index in [2.05, 4.69) is 37.0 Å². The summed E-state index contributed by atoms with van der Waals surface area (Å²) in [6.45, 7) is 5.93. The van der Waals surface area contributed by atoms with Crippen molar-refractivity contribution in [2.75, 3.05) is 6.61 Å². The van der Waals surface area contributed by atoms with Crippen LogP contribution >= 0.6 is 0 Å². The average molecular weight is 334 g/mol. The Labute approximate surface area is 140 Å². The van der Waals surface area contributed by atoms with Crippen LogP contribution in [0.1, 0.15) is 31.7 Å². The normalized spacial score (nSPS) is 11.1. The molecule has 1 heterocycles. The molecule has 0 aliphatic carbocycles. The summed E-state index contributed by atoms with van der Waals surface area (Å²) in [7, 11) is 0. The number of benzene rings is 1. The first-order valence-corrected chi connectivity index (χ1v) is 7.59. The Bertz CT molecular complexity index is 628. The molecule has 0 aliphatic rings. The molecule has 7 heteroatoms. The number of rotatable bonds is 6. The Balaban J connectivity index is 0.000000413. The van der Waals surface area contributed by atoms with Gasteiger partial charge in [-0.3, -0.25) is 0 Å². The van der Waals surface area contributed by atoms with Gasteiger partial charge in [0.1, 0.15) is 12.4 Å². The first-order chi connectivity index (χ1) is 11.5. The Morgan fingerprint density at radius 1 is 1.25 bits per heavy atom. The zero-order valence-corrected chi connectivity index (χ0v) is 13.8. The summed E-state index contributed by atoms with van der Waals surface area (Å²) in [4.78, 5) is 22.2. The second kappa shape index (κ2) is 10.0. The van der Waals surface area contributed by atoms with Crippen LogP contribution in [0.3, 0.4) is 0 Å². The molecule has 1 aromatic heterocycles. The van der Waals surface area contributed by atoms with E-state index >= 15 is 0 Å². The van der Waals surface area contributed by atoms with Gasteiger partial charge in [0.05, 0.1) is 12.9 Å². The van der Waals surface area contributed by atoms with Gasteiger partial charge < -0.3 is 19.5 Å². The molecule has 1 unspecified atom stereocenters. The highest BCUT2D eigenvalue weighted by Gasteiger charge is 2.09. The van der Waals surface area contributed by atoms with E-state index in [-0.39, 0.29) is 0 Å². The highest BCUT2D eigenvalue weighted by atomic mass is 16.5. The number of carbonyl (C=O) groups is 2. The lowest BCUT2D eigenvalue weighted by Gasteiger charge is -2.15. The molecule has 7 nitrogen and oxygen atoms in total. The molecule has 2 aromatic rings. The quantitative estimate of drug-likeness (QED) is 0.787. The van der Waals surface area contributed by atoms with Crippen molar-refractivity contribution >= 4 is 11.9 Å². The van der Waals surface area contributed by atoms with Gasteiger partial charge in [0, 0.05) is 12.4 Å². The minimum atomic E-state index is -1.82. The van der Waals surface area contributed by atoms with Crippen molar-refractivity contribution < 1.29 is 24.5 Å². The Hall–Kier alpha value is -2.83. The van der Waals surface area contributed by atoms with Crippen LogP contribution in [0.15, 0.2) is 43.0 Å². The fraction of sp³-hybridized carbons (Fsp3) is 0.353. The third-order valence-electron chi connectivity index (χ3n) is 3.41. The molecular weight excluding hydrogens is 312 g/mol. The number of nitrogens with zero attached hydrogens (tertiary/aromatic N) is 2. The van der Waals surface area contributed by atoms with Gasteiger partial charge in [-0.15, -0.1) is 0 Å². The van der Waals surface area contributed by atoms with Crippen molar-refractivity contribution in [3.05, 3.63) is 48.5 Å². The Kier molecular flexibility index (Phi) is 8.04. The maximum atomic E-state index is 9.10. The third-order valence-corrected chi connectivity index (χ3v) is 3.41. The van der Waals surface area contributed by atoms with Crippen LogP contribution in [-0.4, -0.2) is 38.3 Å². The molecule has 0 radical (unpaired) electrons. The molecule has 0 aliphatic heterocycles. The van der Waals surface area contributed by atoms with Crippen molar-refractivity contribution in [2.45, 2.75) is 32.7 Å². The summed E-state index contributed by atoms with van der Waals surface area (Å²) in [6.07, 6.45) is 6.67. The van der Waals surface area contributed by atoms with Gasteiger partial charge in [-0.1, -0.05) is 32.0 Å². The van der Waals surface area contributed by atoms with Crippen LogP contribution in [0.4, 0.5) is 0 Å². The number of hydrogen-bond acceptors (Lipinski definition) is 4. The fourth-order valence-corrected chi connectivity index (χ4v) is 1.92. The van der Waals surface area contributed by atoms with Crippen LogP contribution in [0.2, 0.25) is 0 Å². The first-order valence-electron chi connectivity index (χ1n) is 7.59. The maximum Gasteiger partial charge on any atom is 0.414 e. The summed E-state index contributed by atoms with van der Waals surface area (Å²) in [5, 5.41) is 14.8. The van der Waals surface area contributed by atoms with Crippen LogP contribution in [0, 0.1) is 0 Å². The molecule has 1 aromatic carbocycles. The van der Waals surface area contributed by atoms with Crippen molar-refractivity contribution in [3.63, 3.8) is 0 Å². The van der Waals surface area contributed by atoms with Crippen molar-refractivity contribution in [3.8, 4) is 5.75 Å². The van der Waals surface area contributed by atoms with Gasteiger partial charge >= 0.3 is 11.9 Å². The molecule has 0 saturated heterocycles. The Morgan fingerprint density at radius 3 is 2.46 bits per heavy atom. The summed E-state index contributed by atoms with van der Waals surface area (Å²) < 4.78 is 7.90. The van der Waals surface area contributed by atoms with Crippen LogP contribution in [-0.2, 0) is 16.1 Å². The van der Waals surface area contributed by atoms with Crippen molar-refractivity contribution in [1.29, 1.82) is 0 Å². The average Bonchev–Trinajstić information content (AvgIpc) is 3.08. The standard InChI is InChI=1S/C15H20N2O.C2H2O4/c1-3-13(2)14-6-4-5-7-15(14)18-11-10-17-9-8-16-12-17;3-1(4)2(5)6/h4-9,12-13H,3,10-11H2,1-2H3;(H,3,4)(H,5,6). The summed E-state index contributed by atoms with van der Waals surface area (Å²) >= 11 is 0. The smallest absolute Gasteiger partial charge is 0.414 e. The van der Waals surface area contributed by atoms with E-state index < -0.39 is 11.9 Å². The van der Waals surface area contributed by atoms with Gasteiger partial charge in [0.15, 0.2) is 0 Å². The maximum absolute atomic E-state index is 9.10. The number of para-hydroxylation sites is 1. The third kappa shape index (κ3) is 6.51. The molecule has 0 amide bonds. The second-order valence-electron chi connectivity index (χ2n) is 5.11. The number of ether oxygens (including phenoxy) is 1. The number of aromatic nitrogens is 2. The summed E-state index contributed by atoms with van der Waals surface area (Å²) in [5.41, 5.74) is 1.30. The first kappa shape index (κ1) is 19.2. The molecule has 2 rings (SSSR count). The molecule has 24 heavy (non-hydrogen) atoms. The largest absolute Gasteiger partial charge is 0.491 e. The van der Waals surface area contributed by atoms with E-state index in [4.69, 9.17) is 24.5 Å². The molecule has 2 N–H and O–H groups in total. The van der Waals surface area contributed by atoms with E-state index in [1.165, 1.54) is 5.56 Å². The van der Waals surface area contributed by atoms with E-state index in [0.29, 0.717) is 12.5 Å². The molecule has 1 atom stereocenters.